The van der Waals surface area contributed by atoms with E-state index in [9.17, 15) is 14.7 Å². The lowest BCUT2D eigenvalue weighted by atomic mass is 10.2. The Bertz CT molecular complexity index is 594. The quantitative estimate of drug-likeness (QED) is 0.223. The lowest BCUT2D eigenvalue weighted by Gasteiger charge is -2.37. The fraction of sp³-hybridized carbons (Fsp3) is 0.467. The van der Waals surface area contributed by atoms with Crippen molar-refractivity contribution < 1.29 is 31.6 Å². The van der Waals surface area contributed by atoms with Gasteiger partial charge in [-0.25, -0.2) is 0 Å². The van der Waals surface area contributed by atoms with E-state index in [-0.39, 0.29) is 41.3 Å². The number of aromatic hydroxyl groups is 1. The van der Waals surface area contributed by atoms with Crippen LogP contribution in [-0.4, -0.2) is 61.2 Å². The first-order chi connectivity index (χ1) is 10.8. The van der Waals surface area contributed by atoms with Crippen molar-refractivity contribution in [2.75, 3.05) is 56.1 Å². The van der Waals surface area contributed by atoms with E-state index in [1.54, 1.807) is 0 Å². The summed E-state index contributed by atoms with van der Waals surface area (Å²) in [5.74, 6) is -0.648. The molecule has 1 aliphatic heterocycles. The number of amides is 2. The maximum absolute atomic E-state index is 12.3. The van der Waals surface area contributed by atoms with E-state index in [0.717, 1.165) is 26.2 Å². The molecule has 1 aromatic rings. The molecule has 8 nitrogen and oxygen atoms in total. The van der Waals surface area contributed by atoms with Crippen LogP contribution in [0.2, 0.25) is 0 Å². The maximum atomic E-state index is 12.3. The normalized spacial score (nSPS) is 15.9. The van der Waals surface area contributed by atoms with E-state index < -0.39 is 0 Å². The molecule has 6 N–H and O–H groups in total. The number of nitrogens with two attached hydrogens (primary N) is 1. The molecule has 1 heterocycles. The molecule has 1 aromatic carbocycles. The van der Waals surface area contributed by atoms with Gasteiger partial charge in [0.2, 0.25) is 5.91 Å². The van der Waals surface area contributed by atoms with Gasteiger partial charge in [0.05, 0.1) is 25.8 Å². The van der Waals surface area contributed by atoms with Crippen molar-refractivity contribution >= 4 is 28.9 Å². The summed E-state index contributed by atoms with van der Waals surface area (Å²) in [5.41, 5.74) is 6.62. The van der Waals surface area contributed by atoms with Crippen LogP contribution < -0.4 is 34.1 Å². The van der Waals surface area contributed by atoms with Crippen molar-refractivity contribution in [3.63, 3.8) is 0 Å². The zero-order valence-electron chi connectivity index (χ0n) is 13.9. The predicted molar refractivity (Wildman–Crippen MR) is 89.1 cm³/mol. The highest BCUT2D eigenvalue weighted by atomic mass is 35.5. The highest BCUT2D eigenvalue weighted by molar-refractivity contribution is 5.98. The van der Waals surface area contributed by atoms with Crippen molar-refractivity contribution in [3.8, 4) is 5.75 Å². The van der Waals surface area contributed by atoms with Gasteiger partial charge in [-0.1, -0.05) is 0 Å². The number of benzene rings is 1. The Morgan fingerprint density at radius 2 is 1.92 bits per heavy atom. The summed E-state index contributed by atoms with van der Waals surface area (Å²) in [6.07, 6.45) is 0. The third-order valence-electron chi connectivity index (χ3n) is 3.91. The minimum atomic E-state index is -0.267. The SMILES string of the molecule is CC(=O)Nc1cc(N)c(NC(=O)C[N+]2(C)CCNCC2)c(O)c1.[Cl-]. The van der Waals surface area contributed by atoms with Crippen LogP contribution in [0.25, 0.3) is 0 Å². The van der Waals surface area contributed by atoms with E-state index in [2.05, 4.69) is 16.0 Å². The van der Waals surface area contributed by atoms with Gasteiger partial charge in [-0.15, -0.1) is 0 Å². The number of carbonyl (C=O) groups excluding carboxylic acids is 2. The fourth-order valence-electron chi connectivity index (χ4n) is 2.68. The van der Waals surface area contributed by atoms with Gasteiger partial charge in [0.1, 0.15) is 11.4 Å². The number of likely N-dealkylation sites (N-methyl/N-ethyl adjacent to an activating group) is 1. The van der Waals surface area contributed by atoms with Crippen molar-refractivity contribution in [1.82, 2.24) is 5.32 Å². The van der Waals surface area contributed by atoms with E-state index in [1.165, 1.54) is 19.1 Å². The number of nitrogens with zero attached hydrogens (tertiary/aromatic N) is 1. The maximum Gasteiger partial charge on any atom is 0.279 e. The third kappa shape index (κ3) is 5.26. The Balaban J connectivity index is 0.00000288. The molecule has 24 heavy (non-hydrogen) atoms. The number of phenolic OH excluding ortho intramolecular Hbond substituents is 1. The summed E-state index contributed by atoms with van der Waals surface area (Å²) in [7, 11) is 2.03. The molecule has 0 atom stereocenters. The number of nitrogen functional groups attached to an aromatic ring is 1. The molecule has 0 aromatic heterocycles. The van der Waals surface area contributed by atoms with Gasteiger partial charge >= 0.3 is 0 Å². The Morgan fingerprint density at radius 1 is 1.29 bits per heavy atom. The molecule has 0 aliphatic carbocycles. The largest absolute Gasteiger partial charge is 1.00 e. The summed E-state index contributed by atoms with van der Waals surface area (Å²) in [4.78, 5) is 23.3. The summed E-state index contributed by atoms with van der Waals surface area (Å²) in [6, 6.07) is 2.85. The van der Waals surface area contributed by atoms with Crippen LogP contribution in [0, 0.1) is 0 Å². The Labute approximate surface area is 147 Å². The second kappa shape index (κ2) is 8.18. The van der Waals surface area contributed by atoms with Gasteiger partial charge in [0.25, 0.3) is 5.91 Å². The number of hydrogen-bond donors (Lipinski definition) is 5. The molecule has 9 heteroatoms. The number of quaternary nitrogens is 1. The van der Waals surface area contributed by atoms with Gasteiger partial charge < -0.3 is 43.7 Å². The number of halogens is 1. The smallest absolute Gasteiger partial charge is 0.279 e. The molecular formula is C15H24ClN5O3. The summed E-state index contributed by atoms with van der Waals surface area (Å²) >= 11 is 0. The molecule has 1 saturated heterocycles. The number of hydrogen-bond acceptors (Lipinski definition) is 5. The summed E-state index contributed by atoms with van der Waals surface area (Å²) < 4.78 is 0.642. The van der Waals surface area contributed by atoms with Crippen LogP contribution in [0.5, 0.6) is 5.75 Å². The lowest BCUT2D eigenvalue weighted by molar-refractivity contribution is -0.903. The average Bonchev–Trinajstić information content (AvgIpc) is 2.42. The Hall–Kier alpha value is -2.03. The van der Waals surface area contributed by atoms with Gasteiger partial charge in [-0.05, 0) is 6.07 Å². The fourth-order valence-corrected chi connectivity index (χ4v) is 2.68. The molecular weight excluding hydrogens is 334 g/mol. The molecule has 1 aliphatic rings. The number of carbonyl (C=O) groups is 2. The Kier molecular flexibility index (Phi) is 6.82. The van der Waals surface area contributed by atoms with Crippen molar-refractivity contribution in [1.29, 1.82) is 0 Å². The molecule has 0 unspecified atom stereocenters. The zero-order valence-corrected chi connectivity index (χ0v) is 14.6. The molecule has 2 amide bonds. The second-order valence-electron chi connectivity index (χ2n) is 6.16. The first kappa shape index (κ1) is 20.0. The van der Waals surface area contributed by atoms with E-state index in [0.29, 0.717) is 16.7 Å². The predicted octanol–water partition coefficient (Wildman–Crippen LogP) is -3.07. The molecule has 134 valence electrons. The van der Waals surface area contributed by atoms with Gasteiger partial charge in [0.15, 0.2) is 6.54 Å². The van der Waals surface area contributed by atoms with Crippen LogP contribution >= 0.6 is 0 Å². The Morgan fingerprint density at radius 3 is 2.46 bits per heavy atom. The number of anilines is 3. The van der Waals surface area contributed by atoms with E-state index in [4.69, 9.17) is 5.73 Å². The highest BCUT2D eigenvalue weighted by Gasteiger charge is 2.28. The number of nitrogens with one attached hydrogen (secondary N) is 3. The minimum Gasteiger partial charge on any atom is -1.00 e. The zero-order chi connectivity index (χ0) is 17.0. The topological polar surface area (TPSA) is 116 Å². The van der Waals surface area contributed by atoms with Crippen LogP contribution in [0.4, 0.5) is 17.1 Å². The molecule has 0 bridgehead atoms. The van der Waals surface area contributed by atoms with Crippen LogP contribution in [0.15, 0.2) is 12.1 Å². The van der Waals surface area contributed by atoms with E-state index >= 15 is 0 Å². The second-order valence-corrected chi connectivity index (χ2v) is 6.16. The molecule has 0 spiro atoms. The van der Waals surface area contributed by atoms with Crippen molar-refractivity contribution in [2.24, 2.45) is 0 Å². The van der Waals surface area contributed by atoms with Gasteiger partial charge in [0, 0.05) is 31.8 Å². The van der Waals surface area contributed by atoms with Crippen LogP contribution in [-0.2, 0) is 9.59 Å². The van der Waals surface area contributed by atoms with Gasteiger partial charge in [-0.2, -0.15) is 0 Å². The third-order valence-corrected chi connectivity index (χ3v) is 3.91. The molecule has 2 rings (SSSR count). The molecule has 0 radical (unpaired) electrons. The van der Waals surface area contributed by atoms with Gasteiger partial charge in [-0.3, -0.25) is 9.59 Å². The lowest BCUT2D eigenvalue weighted by Crippen LogP contribution is -3.00. The van der Waals surface area contributed by atoms with Crippen molar-refractivity contribution in [3.05, 3.63) is 12.1 Å². The molecule has 1 fully saturated rings. The van der Waals surface area contributed by atoms with Crippen LogP contribution in [0.3, 0.4) is 0 Å². The first-order valence-electron chi connectivity index (χ1n) is 7.53. The highest BCUT2D eigenvalue weighted by Crippen LogP contribution is 2.33. The molecule has 0 saturated carbocycles. The number of piperazine rings is 1. The van der Waals surface area contributed by atoms with E-state index in [1.807, 2.05) is 7.05 Å². The first-order valence-corrected chi connectivity index (χ1v) is 7.53. The summed E-state index contributed by atoms with van der Waals surface area (Å²) in [6.45, 7) is 5.17. The monoisotopic (exact) mass is 357 g/mol. The standard InChI is InChI=1S/C15H23N5O3.ClH/c1-10(21)18-11-7-12(16)15(13(22)8-11)19-14(23)9-20(2)5-3-17-4-6-20;/h7-8,17H,3-6,9,16H2,1-2H3,(H2-,18,19,21,22,23);1H. The number of phenols is 1. The number of rotatable bonds is 4. The minimum absolute atomic E-state index is 0. The van der Waals surface area contributed by atoms with Crippen LogP contribution in [0.1, 0.15) is 6.92 Å². The summed E-state index contributed by atoms with van der Waals surface area (Å²) in [5, 5.41) is 18.5. The van der Waals surface area contributed by atoms with Crippen molar-refractivity contribution in [2.45, 2.75) is 6.92 Å². The average molecular weight is 358 g/mol.